The molecule has 0 unspecified atom stereocenters. The van der Waals surface area contributed by atoms with Gasteiger partial charge < -0.3 is 20.1 Å². The summed E-state index contributed by atoms with van der Waals surface area (Å²) in [5.41, 5.74) is 0.675. The van der Waals surface area contributed by atoms with E-state index in [1.807, 2.05) is 18.2 Å². The summed E-state index contributed by atoms with van der Waals surface area (Å²) in [7, 11) is 1.56. The van der Waals surface area contributed by atoms with Gasteiger partial charge in [0.1, 0.15) is 11.5 Å². The molecule has 0 atom stereocenters. The van der Waals surface area contributed by atoms with Crippen molar-refractivity contribution < 1.29 is 19.1 Å². The molecule has 0 saturated carbocycles. The number of anilines is 1. The van der Waals surface area contributed by atoms with Gasteiger partial charge >= 0.3 is 0 Å². The molecule has 13 heteroatoms. The number of benzene rings is 2. The number of amides is 2. The molecule has 0 saturated heterocycles. The zero-order valence-electron chi connectivity index (χ0n) is 19.0. The van der Waals surface area contributed by atoms with Gasteiger partial charge in [-0.05, 0) is 36.4 Å². The molecule has 2 aromatic heterocycles. The van der Waals surface area contributed by atoms with Gasteiger partial charge in [0, 0.05) is 16.6 Å². The average Bonchev–Trinajstić information content (AvgIpc) is 3.55. The average molecular weight is 545 g/mol. The van der Waals surface area contributed by atoms with E-state index in [9.17, 15) is 9.59 Å². The van der Waals surface area contributed by atoms with Crippen LogP contribution in [0.5, 0.6) is 11.5 Å². The summed E-state index contributed by atoms with van der Waals surface area (Å²) in [6, 6.07) is 14.1. The van der Waals surface area contributed by atoms with Gasteiger partial charge in [0.15, 0.2) is 22.7 Å². The highest BCUT2D eigenvalue weighted by molar-refractivity contribution is 7.99. The second-order valence-corrected chi connectivity index (χ2v) is 9.37. The number of rotatable bonds is 11. The Bertz CT molecular complexity index is 1310. The number of para-hydroxylation sites is 2. The summed E-state index contributed by atoms with van der Waals surface area (Å²) >= 11 is 8.41. The van der Waals surface area contributed by atoms with Crippen LogP contribution in [0.15, 0.2) is 65.3 Å². The van der Waals surface area contributed by atoms with Crippen LogP contribution in [-0.2, 0) is 16.1 Å². The van der Waals surface area contributed by atoms with Crippen LogP contribution < -0.4 is 20.1 Å². The number of halogens is 1. The second kappa shape index (κ2) is 12.4. The summed E-state index contributed by atoms with van der Waals surface area (Å²) in [5, 5.41) is 17.4. The van der Waals surface area contributed by atoms with Crippen LogP contribution in [0.3, 0.4) is 0 Å². The first kappa shape index (κ1) is 25.5. The van der Waals surface area contributed by atoms with Crippen molar-refractivity contribution in [3.63, 3.8) is 0 Å². The van der Waals surface area contributed by atoms with Crippen molar-refractivity contribution in [1.82, 2.24) is 25.1 Å². The predicted molar refractivity (Wildman–Crippen MR) is 138 cm³/mol. The highest BCUT2D eigenvalue weighted by Gasteiger charge is 2.19. The number of aromatic nitrogens is 4. The van der Waals surface area contributed by atoms with Gasteiger partial charge in [-0.3, -0.25) is 14.2 Å². The van der Waals surface area contributed by atoms with Crippen LogP contribution in [0.1, 0.15) is 5.82 Å². The molecule has 10 nitrogen and oxygen atoms in total. The highest BCUT2D eigenvalue weighted by Crippen LogP contribution is 2.28. The molecule has 0 fully saturated rings. The molecule has 0 radical (unpaired) electrons. The van der Waals surface area contributed by atoms with Gasteiger partial charge in [-0.2, -0.15) is 0 Å². The number of nitrogens with zero attached hydrogens (tertiary/aromatic N) is 4. The van der Waals surface area contributed by atoms with E-state index in [0.29, 0.717) is 38.3 Å². The molecule has 2 N–H and O–H groups in total. The number of carbonyl (C=O) groups is 2. The molecule has 0 aliphatic rings. The molecule has 186 valence electrons. The molecule has 0 aliphatic carbocycles. The van der Waals surface area contributed by atoms with Gasteiger partial charge in [-0.15, -0.1) is 21.5 Å². The fourth-order valence-corrected chi connectivity index (χ4v) is 4.48. The Kier molecular flexibility index (Phi) is 8.76. The van der Waals surface area contributed by atoms with E-state index in [1.54, 1.807) is 53.6 Å². The lowest BCUT2D eigenvalue weighted by molar-refractivity contribution is -0.123. The van der Waals surface area contributed by atoms with Crippen molar-refractivity contribution in [3.05, 3.63) is 71.0 Å². The lowest BCUT2D eigenvalue weighted by Crippen LogP contribution is -2.29. The largest absolute Gasteiger partial charge is 0.495 e. The van der Waals surface area contributed by atoms with Crippen LogP contribution in [0.2, 0.25) is 5.02 Å². The SMILES string of the molecule is COc1ccccc1-n1c(CNC(=O)COc2ccc(Cl)cc2)nnc1SCC(=O)Nc1nccs1. The van der Waals surface area contributed by atoms with Crippen molar-refractivity contribution >= 4 is 51.6 Å². The van der Waals surface area contributed by atoms with E-state index in [-0.39, 0.29) is 30.7 Å². The minimum atomic E-state index is -0.337. The van der Waals surface area contributed by atoms with E-state index in [4.69, 9.17) is 21.1 Å². The summed E-state index contributed by atoms with van der Waals surface area (Å²) in [6.07, 6.45) is 1.62. The van der Waals surface area contributed by atoms with E-state index in [0.717, 1.165) is 0 Å². The third-order valence-corrected chi connectivity index (χ3v) is 6.53. The maximum Gasteiger partial charge on any atom is 0.258 e. The number of carbonyl (C=O) groups excluding carboxylic acids is 2. The van der Waals surface area contributed by atoms with E-state index >= 15 is 0 Å². The summed E-state index contributed by atoms with van der Waals surface area (Å²) in [5.74, 6) is 1.11. The van der Waals surface area contributed by atoms with E-state index < -0.39 is 0 Å². The van der Waals surface area contributed by atoms with Gasteiger partial charge in [-0.1, -0.05) is 35.5 Å². The number of nitrogens with one attached hydrogen (secondary N) is 2. The molecule has 4 aromatic rings. The predicted octanol–water partition coefficient (Wildman–Crippen LogP) is 3.81. The molecular weight excluding hydrogens is 524 g/mol. The van der Waals surface area contributed by atoms with E-state index in [1.165, 1.54) is 23.1 Å². The maximum atomic E-state index is 12.4. The van der Waals surface area contributed by atoms with Gasteiger partial charge in [-0.25, -0.2) is 4.98 Å². The number of hydrogen-bond acceptors (Lipinski definition) is 9. The smallest absolute Gasteiger partial charge is 0.258 e. The fraction of sp³-hybridized carbons (Fsp3) is 0.174. The van der Waals surface area contributed by atoms with E-state index in [2.05, 4.69) is 25.8 Å². The van der Waals surface area contributed by atoms with Crippen molar-refractivity contribution in [2.24, 2.45) is 0 Å². The Hall–Kier alpha value is -3.61. The fourth-order valence-electron chi connectivity index (χ4n) is 3.04. The standard InChI is InChI=1S/C23H21ClN6O4S2/c1-33-18-5-3-2-4-17(18)30-19(12-26-20(31)13-34-16-8-6-15(24)7-9-16)28-29-23(30)36-14-21(32)27-22-25-10-11-35-22/h2-11H,12-14H2,1H3,(H,26,31)(H,25,27,32). The van der Waals surface area contributed by atoms with Crippen molar-refractivity contribution in [3.8, 4) is 17.2 Å². The molecule has 0 spiro atoms. The third kappa shape index (κ3) is 6.74. The Morgan fingerprint density at radius 2 is 1.92 bits per heavy atom. The number of thiazole rings is 1. The van der Waals surface area contributed by atoms with Crippen molar-refractivity contribution in [2.45, 2.75) is 11.7 Å². The zero-order chi connectivity index (χ0) is 25.3. The first-order chi connectivity index (χ1) is 17.5. The monoisotopic (exact) mass is 544 g/mol. The van der Waals surface area contributed by atoms with Gasteiger partial charge in [0.25, 0.3) is 5.91 Å². The second-order valence-electron chi connectivity index (χ2n) is 7.10. The first-order valence-corrected chi connectivity index (χ1v) is 12.8. The molecule has 0 bridgehead atoms. The van der Waals surface area contributed by atoms with Crippen molar-refractivity contribution in [2.75, 3.05) is 24.8 Å². The topological polar surface area (TPSA) is 120 Å². The number of ether oxygens (including phenoxy) is 2. The van der Waals surface area contributed by atoms with Crippen LogP contribution in [0.4, 0.5) is 5.13 Å². The quantitative estimate of drug-likeness (QED) is 0.273. The molecule has 2 amide bonds. The first-order valence-electron chi connectivity index (χ1n) is 10.6. The van der Waals surface area contributed by atoms with Crippen LogP contribution >= 0.6 is 34.7 Å². The Morgan fingerprint density at radius 3 is 2.67 bits per heavy atom. The molecule has 4 rings (SSSR count). The lowest BCUT2D eigenvalue weighted by atomic mass is 10.3. The number of hydrogen-bond donors (Lipinski definition) is 2. The summed E-state index contributed by atoms with van der Waals surface area (Å²) < 4.78 is 12.7. The molecule has 2 heterocycles. The maximum absolute atomic E-state index is 12.4. The van der Waals surface area contributed by atoms with Crippen molar-refractivity contribution in [1.29, 1.82) is 0 Å². The zero-order valence-corrected chi connectivity index (χ0v) is 21.4. The number of thioether (sulfide) groups is 1. The minimum Gasteiger partial charge on any atom is -0.495 e. The normalized spacial score (nSPS) is 10.6. The Balaban J connectivity index is 1.45. The molecule has 0 aliphatic heterocycles. The summed E-state index contributed by atoms with van der Waals surface area (Å²) in [4.78, 5) is 28.8. The van der Waals surface area contributed by atoms with Gasteiger partial charge in [0.2, 0.25) is 5.91 Å². The van der Waals surface area contributed by atoms with Crippen LogP contribution in [0.25, 0.3) is 5.69 Å². The Labute approximate surface area is 220 Å². The number of methoxy groups -OCH3 is 1. The van der Waals surface area contributed by atoms with Crippen LogP contribution in [0, 0.1) is 0 Å². The lowest BCUT2D eigenvalue weighted by Gasteiger charge is -2.14. The molecular formula is C23H21ClN6O4S2. The minimum absolute atomic E-state index is 0.0831. The van der Waals surface area contributed by atoms with Crippen LogP contribution in [-0.4, -0.2) is 51.0 Å². The molecule has 36 heavy (non-hydrogen) atoms. The summed E-state index contributed by atoms with van der Waals surface area (Å²) in [6.45, 7) is -0.0946. The third-order valence-electron chi connectivity index (χ3n) is 4.66. The Morgan fingerprint density at radius 1 is 1.11 bits per heavy atom. The van der Waals surface area contributed by atoms with Gasteiger partial charge in [0.05, 0.1) is 25.1 Å². The molecule has 2 aromatic carbocycles. The highest BCUT2D eigenvalue weighted by atomic mass is 35.5.